The molecule has 3 nitrogen and oxygen atoms in total. The first-order valence-electron chi connectivity index (χ1n) is 6.16. The van der Waals surface area contributed by atoms with Crippen LogP contribution < -0.4 is 9.47 Å². The van der Waals surface area contributed by atoms with E-state index in [1.54, 1.807) is 19.3 Å². The third kappa shape index (κ3) is 2.06. The summed E-state index contributed by atoms with van der Waals surface area (Å²) in [5.41, 5.74) is 2.35. The number of aliphatic hydroxyl groups is 1. The summed E-state index contributed by atoms with van der Waals surface area (Å²) in [5, 5.41) is 10.3. The Kier molecular flexibility index (Phi) is 3.18. The minimum Gasteiger partial charge on any atom is -0.507 e. The molecular formula is C16H13BrO3. The highest BCUT2D eigenvalue weighted by molar-refractivity contribution is 9.10. The summed E-state index contributed by atoms with van der Waals surface area (Å²) in [7, 11) is 1.62. The molecule has 1 aliphatic rings. The fraction of sp³-hybridized carbons (Fsp3) is 0.125. The lowest BCUT2D eigenvalue weighted by Crippen LogP contribution is -1.95. The molecule has 0 fully saturated rings. The molecular weight excluding hydrogens is 320 g/mol. The molecule has 0 amide bonds. The molecule has 4 heteroatoms. The number of hydrogen-bond acceptors (Lipinski definition) is 3. The number of fused-ring (bicyclic) bond motifs is 2. The van der Waals surface area contributed by atoms with Crippen LogP contribution in [-0.4, -0.2) is 12.2 Å². The average Bonchev–Trinajstić information content (AvgIpc) is 2.56. The van der Waals surface area contributed by atoms with E-state index in [0.29, 0.717) is 17.1 Å². The minimum atomic E-state index is 0.183. The summed E-state index contributed by atoms with van der Waals surface area (Å²) in [5.74, 6) is 2.24. The number of methoxy groups -OCH3 is 1. The molecule has 1 heterocycles. The summed E-state index contributed by atoms with van der Waals surface area (Å²) in [6.45, 7) is 1.91. The number of aliphatic hydroxyl groups excluding tert-OH is 1. The first kappa shape index (κ1) is 13.1. The van der Waals surface area contributed by atoms with E-state index in [4.69, 9.17) is 9.47 Å². The van der Waals surface area contributed by atoms with Gasteiger partial charge in [-0.05, 0) is 43.3 Å². The molecule has 2 aromatic rings. The van der Waals surface area contributed by atoms with E-state index in [0.717, 1.165) is 21.3 Å². The summed E-state index contributed by atoms with van der Waals surface area (Å²) in [4.78, 5) is 0. The van der Waals surface area contributed by atoms with Crippen molar-refractivity contribution in [2.24, 2.45) is 0 Å². The largest absolute Gasteiger partial charge is 0.507 e. The predicted octanol–water partition coefficient (Wildman–Crippen LogP) is 4.93. The zero-order valence-electron chi connectivity index (χ0n) is 11.1. The predicted molar refractivity (Wildman–Crippen MR) is 82.4 cm³/mol. The van der Waals surface area contributed by atoms with Crippen LogP contribution >= 0.6 is 15.9 Å². The topological polar surface area (TPSA) is 38.7 Å². The molecule has 2 aromatic carbocycles. The molecule has 0 aromatic heterocycles. The SMILES string of the molecule is COc1ccc2c(c1C)Oc1ccc(Br)cc1C=C2O. The first-order chi connectivity index (χ1) is 9.60. The van der Waals surface area contributed by atoms with Crippen LogP contribution in [0.4, 0.5) is 0 Å². The Morgan fingerprint density at radius 2 is 2.00 bits per heavy atom. The van der Waals surface area contributed by atoms with Crippen LogP contribution in [0.2, 0.25) is 0 Å². The molecule has 0 saturated heterocycles. The molecule has 0 radical (unpaired) electrons. The summed E-state index contributed by atoms with van der Waals surface area (Å²) < 4.78 is 12.2. The second kappa shape index (κ2) is 4.87. The van der Waals surface area contributed by atoms with Crippen LogP contribution in [0.25, 0.3) is 11.8 Å². The normalized spacial score (nSPS) is 12.7. The maximum atomic E-state index is 10.3. The Labute approximate surface area is 125 Å². The maximum absolute atomic E-state index is 10.3. The highest BCUT2D eigenvalue weighted by Gasteiger charge is 2.20. The Morgan fingerprint density at radius 1 is 1.20 bits per heavy atom. The van der Waals surface area contributed by atoms with Crippen molar-refractivity contribution in [3.05, 3.63) is 51.5 Å². The molecule has 0 saturated carbocycles. The van der Waals surface area contributed by atoms with Crippen LogP contribution in [0.15, 0.2) is 34.8 Å². The quantitative estimate of drug-likeness (QED) is 0.804. The Balaban J connectivity index is 2.24. The van der Waals surface area contributed by atoms with Crippen LogP contribution in [0.3, 0.4) is 0 Å². The summed E-state index contributed by atoms with van der Waals surface area (Å²) in [6, 6.07) is 9.31. The van der Waals surface area contributed by atoms with Gasteiger partial charge in [-0.1, -0.05) is 15.9 Å². The van der Waals surface area contributed by atoms with Crippen molar-refractivity contribution in [1.82, 2.24) is 0 Å². The Morgan fingerprint density at radius 3 is 2.75 bits per heavy atom. The molecule has 20 heavy (non-hydrogen) atoms. The van der Waals surface area contributed by atoms with Gasteiger partial charge in [-0.15, -0.1) is 0 Å². The number of ether oxygens (including phenoxy) is 2. The molecule has 1 aliphatic heterocycles. The number of benzene rings is 2. The molecule has 0 atom stereocenters. The highest BCUT2D eigenvalue weighted by atomic mass is 79.9. The zero-order valence-corrected chi connectivity index (χ0v) is 12.7. The van der Waals surface area contributed by atoms with Gasteiger partial charge in [0.05, 0.1) is 12.7 Å². The van der Waals surface area contributed by atoms with Crippen molar-refractivity contribution in [2.45, 2.75) is 6.92 Å². The fourth-order valence-electron chi connectivity index (χ4n) is 2.29. The lowest BCUT2D eigenvalue weighted by molar-refractivity contribution is 0.403. The molecule has 3 rings (SSSR count). The number of halogens is 1. The number of hydrogen-bond donors (Lipinski definition) is 1. The first-order valence-corrected chi connectivity index (χ1v) is 6.95. The van der Waals surface area contributed by atoms with E-state index in [1.165, 1.54) is 0 Å². The molecule has 1 N–H and O–H groups in total. The van der Waals surface area contributed by atoms with Crippen molar-refractivity contribution in [3.8, 4) is 17.2 Å². The van der Waals surface area contributed by atoms with Gasteiger partial charge in [-0.2, -0.15) is 0 Å². The van der Waals surface area contributed by atoms with Crippen molar-refractivity contribution in [1.29, 1.82) is 0 Å². The van der Waals surface area contributed by atoms with Crippen LogP contribution in [0.5, 0.6) is 17.2 Å². The van der Waals surface area contributed by atoms with E-state index >= 15 is 0 Å². The van der Waals surface area contributed by atoms with E-state index < -0.39 is 0 Å². The van der Waals surface area contributed by atoms with Crippen molar-refractivity contribution >= 4 is 27.8 Å². The van der Waals surface area contributed by atoms with Crippen molar-refractivity contribution < 1.29 is 14.6 Å². The summed E-state index contributed by atoms with van der Waals surface area (Å²) >= 11 is 3.42. The lowest BCUT2D eigenvalue weighted by Gasteiger charge is -2.14. The number of rotatable bonds is 1. The zero-order chi connectivity index (χ0) is 14.3. The molecule has 0 unspecified atom stereocenters. The highest BCUT2D eigenvalue weighted by Crippen LogP contribution is 2.42. The summed E-state index contributed by atoms with van der Waals surface area (Å²) in [6.07, 6.45) is 1.71. The van der Waals surface area contributed by atoms with Crippen LogP contribution in [-0.2, 0) is 0 Å². The van der Waals surface area contributed by atoms with Gasteiger partial charge in [0.25, 0.3) is 0 Å². The van der Waals surface area contributed by atoms with E-state index in [-0.39, 0.29) is 5.76 Å². The standard InChI is InChI=1S/C16H13BrO3/c1-9-14(19-2)6-4-12-13(18)8-10-7-11(17)3-5-15(10)20-16(9)12/h3-8,18H,1-2H3. The molecule has 0 bridgehead atoms. The van der Waals surface area contributed by atoms with Gasteiger partial charge in [0.2, 0.25) is 0 Å². The van der Waals surface area contributed by atoms with E-state index in [2.05, 4.69) is 15.9 Å². The van der Waals surface area contributed by atoms with Gasteiger partial charge >= 0.3 is 0 Å². The van der Waals surface area contributed by atoms with Gasteiger partial charge in [0.15, 0.2) is 0 Å². The molecule has 102 valence electrons. The second-order valence-corrected chi connectivity index (χ2v) is 5.50. The van der Waals surface area contributed by atoms with E-state index in [9.17, 15) is 5.11 Å². The van der Waals surface area contributed by atoms with Gasteiger partial charge in [0.1, 0.15) is 23.0 Å². The third-order valence-electron chi connectivity index (χ3n) is 3.33. The van der Waals surface area contributed by atoms with E-state index in [1.807, 2.05) is 31.2 Å². The lowest BCUT2D eigenvalue weighted by atomic mass is 10.1. The van der Waals surface area contributed by atoms with Gasteiger partial charge in [-0.25, -0.2) is 0 Å². The Bertz CT molecular complexity index is 720. The molecule has 0 aliphatic carbocycles. The smallest absolute Gasteiger partial charge is 0.145 e. The van der Waals surface area contributed by atoms with Crippen molar-refractivity contribution in [3.63, 3.8) is 0 Å². The third-order valence-corrected chi connectivity index (χ3v) is 3.82. The molecule has 0 spiro atoms. The van der Waals surface area contributed by atoms with Crippen LogP contribution in [0.1, 0.15) is 16.7 Å². The van der Waals surface area contributed by atoms with Gasteiger partial charge in [0, 0.05) is 15.6 Å². The average molecular weight is 333 g/mol. The Hall–Kier alpha value is -1.94. The minimum absolute atomic E-state index is 0.183. The van der Waals surface area contributed by atoms with Crippen LogP contribution in [0, 0.1) is 6.92 Å². The fourth-order valence-corrected chi connectivity index (χ4v) is 2.67. The van der Waals surface area contributed by atoms with Gasteiger partial charge < -0.3 is 14.6 Å². The monoisotopic (exact) mass is 332 g/mol. The van der Waals surface area contributed by atoms with Gasteiger partial charge in [-0.3, -0.25) is 0 Å². The van der Waals surface area contributed by atoms with Crippen molar-refractivity contribution in [2.75, 3.05) is 7.11 Å². The second-order valence-electron chi connectivity index (χ2n) is 4.58. The maximum Gasteiger partial charge on any atom is 0.145 e.